The molecule has 1 fully saturated rings. The van der Waals surface area contributed by atoms with Gasteiger partial charge in [-0.05, 0) is 43.2 Å². The van der Waals surface area contributed by atoms with Gasteiger partial charge in [0, 0.05) is 5.02 Å². The first-order valence-electron chi connectivity index (χ1n) is 7.35. The van der Waals surface area contributed by atoms with Crippen LogP contribution in [0.2, 0.25) is 10.0 Å². The van der Waals surface area contributed by atoms with Crippen LogP contribution < -0.4 is 10.6 Å². The van der Waals surface area contributed by atoms with Crippen molar-refractivity contribution in [3.8, 4) is 0 Å². The third-order valence-corrected chi connectivity index (χ3v) is 4.55. The van der Waals surface area contributed by atoms with Gasteiger partial charge in [-0.3, -0.25) is 9.59 Å². The lowest BCUT2D eigenvalue weighted by atomic mass is 10.0. The number of hydrogen-bond acceptors (Lipinski definition) is 2. The molecule has 0 aromatic heterocycles. The largest absolute Gasteiger partial charge is 0.324 e. The molecule has 2 aromatic rings. The first-order chi connectivity index (χ1) is 11.8. The molecular weight excluding hydrogens is 373 g/mol. The molecule has 0 unspecified atom stereocenters. The number of nitrogens with one attached hydrogen (secondary N) is 2. The summed E-state index contributed by atoms with van der Waals surface area (Å²) in [6, 6.07) is 7.72. The third-order valence-electron chi connectivity index (χ3n) is 4.00. The van der Waals surface area contributed by atoms with Crippen molar-refractivity contribution < 1.29 is 18.4 Å². The summed E-state index contributed by atoms with van der Waals surface area (Å²) in [5.41, 5.74) is -1.65. The van der Waals surface area contributed by atoms with Crippen molar-refractivity contribution in [3.63, 3.8) is 0 Å². The van der Waals surface area contributed by atoms with E-state index < -0.39 is 34.6 Å². The molecule has 0 bridgehead atoms. The molecule has 130 valence electrons. The lowest BCUT2D eigenvalue weighted by molar-refractivity contribution is -0.131. The summed E-state index contributed by atoms with van der Waals surface area (Å²) < 4.78 is 27.3. The monoisotopic (exact) mass is 384 g/mol. The van der Waals surface area contributed by atoms with Gasteiger partial charge in [0.05, 0.1) is 10.7 Å². The van der Waals surface area contributed by atoms with Crippen molar-refractivity contribution in [3.05, 3.63) is 58.1 Å². The maximum atomic E-state index is 13.7. The van der Waals surface area contributed by atoms with Crippen LogP contribution in [0.3, 0.4) is 0 Å². The van der Waals surface area contributed by atoms with E-state index in [9.17, 15) is 18.4 Å². The zero-order chi connectivity index (χ0) is 18.2. The highest BCUT2D eigenvalue weighted by atomic mass is 35.5. The molecule has 25 heavy (non-hydrogen) atoms. The molecule has 0 heterocycles. The quantitative estimate of drug-likeness (QED) is 0.755. The van der Waals surface area contributed by atoms with Gasteiger partial charge in [-0.1, -0.05) is 29.3 Å². The molecule has 0 spiro atoms. The lowest BCUT2D eigenvalue weighted by Gasteiger charge is -2.16. The van der Waals surface area contributed by atoms with Crippen LogP contribution >= 0.6 is 23.2 Å². The third kappa shape index (κ3) is 3.45. The summed E-state index contributed by atoms with van der Waals surface area (Å²) in [6.45, 7) is 0. The maximum absolute atomic E-state index is 13.7. The van der Waals surface area contributed by atoms with Crippen LogP contribution in [0, 0.1) is 17.0 Å². The Labute approximate surface area is 152 Å². The number of benzene rings is 2. The normalized spacial score (nSPS) is 14.7. The fourth-order valence-corrected chi connectivity index (χ4v) is 2.82. The Balaban J connectivity index is 1.77. The Morgan fingerprint density at radius 1 is 0.960 bits per heavy atom. The molecule has 2 aromatic carbocycles. The van der Waals surface area contributed by atoms with Crippen molar-refractivity contribution in [2.45, 2.75) is 12.8 Å². The first-order valence-corrected chi connectivity index (χ1v) is 8.11. The average Bonchev–Trinajstić information content (AvgIpc) is 3.35. The number of carbonyl (C=O) groups excluding carboxylic acids is 2. The highest BCUT2D eigenvalue weighted by Crippen LogP contribution is 2.48. The number of para-hydroxylation sites is 1. The van der Waals surface area contributed by atoms with E-state index in [2.05, 4.69) is 10.6 Å². The van der Waals surface area contributed by atoms with E-state index in [-0.39, 0.29) is 17.9 Å². The van der Waals surface area contributed by atoms with Gasteiger partial charge in [0.1, 0.15) is 22.7 Å². The molecular formula is C17H12Cl2F2N2O2. The number of anilines is 2. The number of hydrogen-bond donors (Lipinski definition) is 2. The highest BCUT2D eigenvalue weighted by molar-refractivity contribution is 6.37. The first kappa shape index (κ1) is 17.6. The molecule has 0 aliphatic heterocycles. The molecule has 1 aliphatic rings. The summed E-state index contributed by atoms with van der Waals surface area (Å²) in [4.78, 5) is 24.9. The molecule has 3 rings (SSSR count). The predicted octanol–water partition coefficient (Wildman–Crippen LogP) is 4.63. The number of carbonyl (C=O) groups is 2. The second kappa shape index (κ2) is 6.61. The van der Waals surface area contributed by atoms with E-state index >= 15 is 0 Å². The van der Waals surface area contributed by atoms with Crippen LogP contribution in [0.4, 0.5) is 20.2 Å². The van der Waals surface area contributed by atoms with Gasteiger partial charge >= 0.3 is 0 Å². The molecule has 1 saturated carbocycles. The molecule has 1 aliphatic carbocycles. The maximum Gasteiger partial charge on any atom is 0.240 e. The summed E-state index contributed by atoms with van der Waals surface area (Å²) in [5, 5.41) is 5.35. The Bertz CT molecular complexity index is 849. The summed E-state index contributed by atoms with van der Waals surface area (Å²) in [6.07, 6.45) is 0.540. The molecule has 2 amide bonds. The minimum Gasteiger partial charge on any atom is -0.324 e. The molecule has 8 heteroatoms. The fraction of sp³-hybridized carbons (Fsp3) is 0.176. The van der Waals surface area contributed by atoms with E-state index in [0.29, 0.717) is 10.7 Å². The Hall–Kier alpha value is -2.18. The van der Waals surface area contributed by atoms with Crippen molar-refractivity contribution in [2.24, 2.45) is 5.41 Å². The van der Waals surface area contributed by atoms with E-state index in [4.69, 9.17) is 23.2 Å². The number of rotatable bonds is 4. The predicted molar refractivity (Wildman–Crippen MR) is 91.7 cm³/mol. The van der Waals surface area contributed by atoms with Gasteiger partial charge in [-0.25, -0.2) is 8.78 Å². The van der Waals surface area contributed by atoms with Crippen molar-refractivity contribution in [1.82, 2.24) is 0 Å². The second-order valence-electron chi connectivity index (χ2n) is 5.71. The van der Waals surface area contributed by atoms with E-state index in [1.54, 1.807) is 0 Å². The van der Waals surface area contributed by atoms with E-state index in [0.717, 1.165) is 12.1 Å². The molecule has 4 nitrogen and oxygen atoms in total. The zero-order valence-corrected chi connectivity index (χ0v) is 14.2. The number of halogens is 4. The van der Waals surface area contributed by atoms with Crippen LogP contribution in [0.25, 0.3) is 0 Å². The molecule has 0 atom stereocenters. The van der Waals surface area contributed by atoms with Crippen LogP contribution in [-0.4, -0.2) is 11.8 Å². The highest BCUT2D eigenvalue weighted by Gasteiger charge is 2.56. The van der Waals surface area contributed by atoms with Crippen LogP contribution in [-0.2, 0) is 9.59 Å². The molecule has 0 saturated heterocycles. The van der Waals surface area contributed by atoms with Gasteiger partial charge in [-0.15, -0.1) is 0 Å². The minimum absolute atomic E-state index is 0.220. The summed E-state index contributed by atoms with van der Waals surface area (Å²) in [5.74, 6) is -3.18. The SMILES string of the molecule is O=C(Nc1ccc(Cl)cc1Cl)C1(C(=O)Nc2c(F)cccc2F)CC1. The van der Waals surface area contributed by atoms with Crippen LogP contribution in [0.1, 0.15) is 12.8 Å². The average molecular weight is 385 g/mol. The van der Waals surface area contributed by atoms with Crippen molar-refractivity contribution in [2.75, 3.05) is 10.6 Å². The van der Waals surface area contributed by atoms with Gasteiger partial charge in [0.25, 0.3) is 0 Å². The zero-order valence-electron chi connectivity index (χ0n) is 12.7. The smallest absolute Gasteiger partial charge is 0.240 e. The second-order valence-corrected chi connectivity index (χ2v) is 6.55. The van der Waals surface area contributed by atoms with Gasteiger partial charge < -0.3 is 10.6 Å². The van der Waals surface area contributed by atoms with E-state index in [1.165, 1.54) is 24.3 Å². The Kier molecular flexibility index (Phi) is 4.67. The number of amides is 2. The van der Waals surface area contributed by atoms with Gasteiger partial charge in [0.2, 0.25) is 11.8 Å². The van der Waals surface area contributed by atoms with Crippen LogP contribution in [0.5, 0.6) is 0 Å². The topological polar surface area (TPSA) is 58.2 Å². The van der Waals surface area contributed by atoms with Gasteiger partial charge in [-0.2, -0.15) is 0 Å². The summed E-state index contributed by atoms with van der Waals surface area (Å²) in [7, 11) is 0. The van der Waals surface area contributed by atoms with Crippen molar-refractivity contribution in [1.29, 1.82) is 0 Å². The molecule has 2 N–H and O–H groups in total. The fourth-order valence-electron chi connectivity index (χ4n) is 2.37. The Morgan fingerprint density at radius 2 is 1.56 bits per heavy atom. The van der Waals surface area contributed by atoms with Crippen LogP contribution in [0.15, 0.2) is 36.4 Å². The van der Waals surface area contributed by atoms with Crippen molar-refractivity contribution >= 4 is 46.4 Å². The van der Waals surface area contributed by atoms with Gasteiger partial charge in [0.15, 0.2) is 0 Å². The minimum atomic E-state index is -1.38. The summed E-state index contributed by atoms with van der Waals surface area (Å²) >= 11 is 11.8. The Morgan fingerprint density at radius 3 is 2.12 bits per heavy atom. The van der Waals surface area contributed by atoms with E-state index in [1.807, 2.05) is 0 Å². The molecule has 0 radical (unpaired) electrons. The lowest BCUT2D eigenvalue weighted by Crippen LogP contribution is -2.36. The standard InChI is InChI=1S/C17H12Cl2F2N2O2/c18-9-4-5-13(10(19)8-9)22-15(24)17(6-7-17)16(25)23-14-11(20)2-1-3-12(14)21/h1-5,8H,6-7H2,(H,22,24)(H,23,25).